The van der Waals surface area contributed by atoms with Crippen LogP contribution in [-0.4, -0.2) is 24.5 Å². The number of hydrogen-bond donors (Lipinski definition) is 1. The van der Waals surface area contributed by atoms with Crippen molar-refractivity contribution in [2.45, 2.75) is 45.6 Å². The van der Waals surface area contributed by atoms with Crippen molar-refractivity contribution >= 4 is 11.9 Å². The lowest BCUT2D eigenvalue weighted by molar-refractivity contribution is -0.164. The lowest BCUT2D eigenvalue weighted by Crippen LogP contribution is -2.35. The van der Waals surface area contributed by atoms with Crippen LogP contribution in [0.1, 0.15) is 39.5 Å². The highest BCUT2D eigenvalue weighted by molar-refractivity contribution is 5.89. The Balaban J connectivity index is 2.39. The van der Waals surface area contributed by atoms with Gasteiger partial charge in [0.1, 0.15) is 6.04 Å². The largest absolute Gasteiger partial charge is 0.392 e. The van der Waals surface area contributed by atoms with Gasteiger partial charge in [-0.15, -0.1) is 0 Å². The predicted molar refractivity (Wildman–Crippen MR) is 56.2 cm³/mol. The molecule has 15 heavy (non-hydrogen) atoms. The Labute approximate surface area is 90.4 Å². The summed E-state index contributed by atoms with van der Waals surface area (Å²) < 4.78 is 4.84. The fourth-order valence-corrected chi connectivity index (χ4v) is 1.76. The monoisotopic (exact) mass is 213 g/mol. The van der Waals surface area contributed by atoms with Crippen molar-refractivity contribution in [3.63, 3.8) is 0 Å². The van der Waals surface area contributed by atoms with E-state index in [2.05, 4.69) is 5.32 Å². The summed E-state index contributed by atoms with van der Waals surface area (Å²) in [5.74, 6) is -0.932. The molecular weight excluding hydrogens is 194 g/mol. The highest BCUT2D eigenvalue weighted by Crippen LogP contribution is 2.12. The fourth-order valence-electron chi connectivity index (χ4n) is 1.76. The minimum absolute atomic E-state index is 0.143. The Bertz CT molecular complexity index is 218. The van der Waals surface area contributed by atoms with E-state index in [1.54, 1.807) is 0 Å². The van der Waals surface area contributed by atoms with E-state index in [4.69, 9.17) is 4.74 Å². The summed E-state index contributed by atoms with van der Waals surface area (Å²) in [6.07, 6.45) is 3.19. The van der Waals surface area contributed by atoms with Crippen LogP contribution in [0.4, 0.5) is 0 Å². The Hall–Kier alpha value is -0.900. The minimum atomic E-state index is -0.413. The van der Waals surface area contributed by atoms with Crippen LogP contribution in [-0.2, 0) is 14.3 Å². The molecule has 0 aliphatic carbocycles. The maximum Gasteiger partial charge on any atom is 0.330 e. The zero-order chi connectivity index (χ0) is 11.3. The van der Waals surface area contributed by atoms with Gasteiger partial charge < -0.3 is 10.1 Å². The third-order valence-electron chi connectivity index (χ3n) is 2.86. The average Bonchev–Trinajstić information content (AvgIpc) is 2.72. The first-order valence-electron chi connectivity index (χ1n) is 5.68. The van der Waals surface area contributed by atoms with E-state index in [9.17, 15) is 9.59 Å². The molecule has 0 aromatic rings. The van der Waals surface area contributed by atoms with Gasteiger partial charge in [0.25, 0.3) is 0 Å². The van der Waals surface area contributed by atoms with Crippen molar-refractivity contribution in [2.75, 3.05) is 6.54 Å². The molecule has 1 atom stereocenters. The number of nitrogens with one attached hydrogen (secondary N) is 1. The van der Waals surface area contributed by atoms with Crippen LogP contribution in [0.5, 0.6) is 0 Å². The summed E-state index contributed by atoms with van der Waals surface area (Å²) in [6.45, 7) is 4.68. The Morgan fingerprint density at radius 1 is 1.40 bits per heavy atom. The van der Waals surface area contributed by atoms with Crippen LogP contribution in [0.2, 0.25) is 0 Å². The quantitative estimate of drug-likeness (QED) is 0.564. The van der Waals surface area contributed by atoms with Gasteiger partial charge in [-0.05, 0) is 32.2 Å². The van der Waals surface area contributed by atoms with E-state index in [1.165, 1.54) is 0 Å². The van der Waals surface area contributed by atoms with Crippen LogP contribution < -0.4 is 5.32 Å². The summed E-state index contributed by atoms with van der Waals surface area (Å²) in [5, 5.41) is 3.01. The summed E-state index contributed by atoms with van der Waals surface area (Å²) in [6, 6.07) is -0.275. The SMILES string of the molecule is CCC(CC)C(=O)OC(=O)[C@@H]1CCCN1. The molecule has 1 fully saturated rings. The van der Waals surface area contributed by atoms with Crippen LogP contribution >= 0.6 is 0 Å². The summed E-state index contributed by atoms with van der Waals surface area (Å²) in [5.41, 5.74) is 0. The van der Waals surface area contributed by atoms with Gasteiger partial charge >= 0.3 is 11.9 Å². The van der Waals surface area contributed by atoms with Crippen molar-refractivity contribution in [3.8, 4) is 0 Å². The molecule has 0 spiro atoms. The molecular formula is C11H19NO3. The van der Waals surface area contributed by atoms with Crippen LogP contribution in [0.15, 0.2) is 0 Å². The molecule has 4 heteroatoms. The summed E-state index contributed by atoms with van der Waals surface area (Å²) in [7, 11) is 0. The normalized spacial score (nSPS) is 20.6. The van der Waals surface area contributed by atoms with E-state index in [1.807, 2.05) is 13.8 Å². The van der Waals surface area contributed by atoms with Crippen molar-refractivity contribution in [1.29, 1.82) is 0 Å². The molecule has 0 unspecified atom stereocenters. The Morgan fingerprint density at radius 2 is 2.07 bits per heavy atom. The molecule has 0 saturated carbocycles. The number of carbonyl (C=O) groups excluding carboxylic acids is 2. The zero-order valence-corrected chi connectivity index (χ0v) is 9.41. The minimum Gasteiger partial charge on any atom is -0.392 e. The molecule has 0 amide bonds. The van der Waals surface area contributed by atoms with Crippen LogP contribution in [0.3, 0.4) is 0 Å². The first kappa shape index (κ1) is 12.2. The van der Waals surface area contributed by atoms with Crippen LogP contribution in [0.25, 0.3) is 0 Å². The number of rotatable bonds is 4. The molecule has 0 radical (unpaired) electrons. The van der Waals surface area contributed by atoms with Crippen LogP contribution in [0, 0.1) is 5.92 Å². The Morgan fingerprint density at radius 3 is 2.53 bits per heavy atom. The standard InChI is InChI=1S/C11H19NO3/c1-3-8(4-2)10(13)15-11(14)9-6-5-7-12-9/h8-9,12H,3-7H2,1-2H3/t9-/m0/s1. The molecule has 4 nitrogen and oxygen atoms in total. The predicted octanol–water partition coefficient (Wildman–Crippen LogP) is 1.24. The average molecular weight is 213 g/mol. The molecule has 1 aliphatic rings. The zero-order valence-electron chi connectivity index (χ0n) is 9.41. The van der Waals surface area contributed by atoms with Gasteiger partial charge in [-0.1, -0.05) is 13.8 Å². The third-order valence-corrected chi connectivity index (χ3v) is 2.86. The maximum absolute atomic E-state index is 11.5. The molecule has 0 aromatic heterocycles. The van der Waals surface area contributed by atoms with Gasteiger partial charge in [0.2, 0.25) is 0 Å². The van der Waals surface area contributed by atoms with Crippen molar-refractivity contribution in [2.24, 2.45) is 5.92 Å². The lowest BCUT2D eigenvalue weighted by Gasteiger charge is -2.13. The highest BCUT2D eigenvalue weighted by atomic mass is 16.6. The van der Waals surface area contributed by atoms with Crippen molar-refractivity contribution in [1.82, 2.24) is 5.32 Å². The first-order valence-corrected chi connectivity index (χ1v) is 5.68. The Kier molecular flexibility index (Phi) is 4.75. The second kappa shape index (κ2) is 5.85. The van der Waals surface area contributed by atoms with Gasteiger partial charge in [-0.3, -0.25) is 4.79 Å². The third kappa shape index (κ3) is 3.30. The second-order valence-corrected chi connectivity index (χ2v) is 3.90. The van der Waals surface area contributed by atoms with Gasteiger partial charge in [0.05, 0.1) is 5.92 Å². The van der Waals surface area contributed by atoms with Gasteiger partial charge in [0, 0.05) is 0 Å². The number of ether oxygens (including phenoxy) is 1. The molecule has 1 N–H and O–H groups in total. The van der Waals surface area contributed by atoms with Gasteiger partial charge in [-0.25, -0.2) is 4.79 Å². The molecule has 0 aromatic carbocycles. The van der Waals surface area contributed by atoms with Crippen molar-refractivity contribution in [3.05, 3.63) is 0 Å². The van der Waals surface area contributed by atoms with Crippen molar-refractivity contribution < 1.29 is 14.3 Å². The molecule has 1 saturated heterocycles. The fraction of sp³-hybridized carbons (Fsp3) is 0.818. The molecule has 1 aliphatic heterocycles. The van der Waals surface area contributed by atoms with E-state index >= 15 is 0 Å². The molecule has 86 valence electrons. The van der Waals surface area contributed by atoms with E-state index in [-0.39, 0.29) is 17.9 Å². The number of esters is 2. The van der Waals surface area contributed by atoms with E-state index < -0.39 is 5.97 Å². The number of carbonyl (C=O) groups is 2. The molecule has 1 rings (SSSR count). The van der Waals surface area contributed by atoms with Gasteiger partial charge in [-0.2, -0.15) is 0 Å². The maximum atomic E-state index is 11.5. The highest BCUT2D eigenvalue weighted by Gasteiger charge is 2.27. The summed E-state index contributed by atoms with van der Waals surface area (Å²) >= 11 is 0. The second-order valence-electron chi connectivity index (χ2n) is 3.90. The smallest absolute Gasteiger partial charge is 0.330 e. The lowest BCUT2D eigenvalue weighted by atomic mass is 10.0. The number of hydrogen-bond acceptors (Lipinski definition) is 4. The topological polar surface area (TPSA) is 55.4 Å². The first-order chi connectivity index (χ1) is 7.19. The summed E-state index contributed by atoms with van der Waals surface area (Å²) in [4.78, 5) is 23.0. The van der Waals surface area contributed by atoms with E-state index in [0.29, 0.717) is 0 Å². The molecule has 0 bridgehead atoms. The van der Waals surface area contributed by atoms with E-state index in [0.717, 1.165) is 32.2 Å². The molecule has 1 heterocycles. The van der Waals surface area contributed by atoms with Gasteiger partial charge in [0.15, 0.2) is 0 Å².